The normalized spacial score (nSPS) is 35.7. The minimum absolute atomic E-state index is 0.0466. The number of ether oxygens (including phenoxy) is 3. The summed E-state index contributed by atoms with van der Waals surface area (Å²) in [6, 6.07) is 0. The fourth-order valence-corrected chi connectivity index (χ4v) is 6.30. The fourth-order valence-electron chi connectivity index (χ4n) is 5.37. The summed E-state index contributed by atoms with van der Waals surface area (Å²) in [4.78, 5) is 41.4. The zero-order valence-corrected chi connectivity index (χ0v) is 22.2. The Labute approximate surface area is 233 Å². The standard InChI is InChI=1S/C20H24N11O10P/c21-13-8-14(24-4-23-13)30(5-25-8)17-10(32)6-1-2-37-19-11(33)12(41-42(35,36)38-3-7(6)39-17)18(40-19)31-15-9(28-29-31)16(34)27-20(22)26-15/h4-7,10-12,17-19,32-33H,1-3H2,(H,35,36)(H2,21,23,24)(H3,22,26,27,34)/t6-,7-,10-,11+,12-,17-,18-,19?/m1/s1. The number of imidazole rings is 1. The Balaban J connectivity index is 1.17. The Morgan fingerprint density at radius 3 is 2.74 bits per heavy atom. The number of fused-ring (bicyclic) bond motifs is 5. The number of H-pyrrole nitrogens is 1. The van der Waals surface area contributed by atoms with E-state index in [0.717, 1.165) is 4.68 Å². The lowest BCUT2D eigenvalue weighted by Crippen LogP contribution is -2.37. The van der Waals surface area contributed by atoms with Crippen molar-refractivity contribution < 1.29 is 42.9 Å². The van der Waals surface area contributed by atoms with Crippen molar-refractivity contribution in [1.82, 2.24) is 44.5 Å². The number of aliphatic hydroxyl groups excluding tert-OH is 2. The van der Waals surface area contributed by atoms with Crippen molar-refractivity contribution in [2.45, 2.75) is 49.6 Å². The smallest absolute Gasteiger partial charge is 0.388 e. The number of aliphatic hydroxyl groups is 2. The summed E-state index contributed by atoms with van der Waals surface area (Å²) in [6.45, 7) is -0.526. The maximum absolute atomic E-state index is 13.1. The zero-order chi connectivity index (χ0) is 29.3. The highest BCUT2D eigenvalue weighted by Gasteiger charge is 2.52. The number of hydrogen-bond donors (Lipinski definition) is 6. The van der Waals surface area contributed by atoms with Gasteiger partial charge in [-0.1, -0.05) is 5.21 Å². The molecule has 3 saturated heterocycles. The summed E-state index contributed by atoms with van der Waals surface area (Å²) >= 11 is 0. The third kappa shape index (κ3) is 4.42. The van der Waals surface area contributed by atoms with Crippen molar-refractivity contribution >= 4 is 41.9 Å². The Morgan fingerprint density at radius 2 is 1.90 bits per heavy atom. The molecule has 4 aromatic heterocycles. The van der Waals surface area contributed by atoms with E-state index in [1.54, 1.807) is 0 Å². The predicted molar refractivity (Wildman–Crippen MR) is 135 cm³/mol. The lowest BCUT2D eigenvalue weighted by atomic mass is 9.95. The van der Waals surface area contributed by atoms with Gasteiger partial charge in [-0.25, -0.2) is 19.5 Å². The first-order chi connectivity index (χ1) is 20.1. The second-order valence-corrected chi connectivity index (χ2v) is 11.2. The quantitative estimate of drug-likeness (QED) is 0.128. The molecule has 4 aromatic rings. The highest BCUT2D eigenvalue weighted by atomic mass is 31.2. The molecule has 0 aromatic carbocycles. The van der Waals surface area contributed by atoms with Gasteiger partial charge in [0.1, 0.15) is 30.2 Å². The van der Waals surface area contributed by atoms with Crippen LogP contribution in [0, 0.1) is 5.92 Å². The maximum Gasteiger partial charge on any atom is 0.472 e. The van der Waals surface area contributed by atoms with Crippen LogP contribution in [0.1, 0.15) is 18.9 Å². The summed E-state index contributed by atoms with van der Waals surface area (Å²) in [5.74, 6) is -0.774. The van der Waals surface area contributed by atoms with Gasteiger partial charge in [-0.15, -0.1) is 5.10 Å². The lowest BCUT2D eigenvalue weighted by molar-refractivity contribution is -0.180. The van der Waals surface area contributed by atoms with E-state index in [1.165, 1.54) is 17.2 Å². The van der Waals surface area contributed by atoms with E-state index in [4.69, 9.17) is 34.7 Å². The van der Waals surface area contributed by atoms with Gasteiger partial charge < -0.3 is 40.8 Å². The first-order valence-electron chi connectivity index (χ1n) is 12.6. The first kappa shape index (κ1) is 27.2. The number of aromatic amines is 1. The van der Waals surface area contributed by atoms with Crippen molar-refractivity contribution in [3.8, 4) is 0 Å². The molecular formula is C20H24N11O10P. The molecule has 3 aliphatic heterocycles. The van der Waals surface area contributed by atoms with Gasteiger partial charge in [0.2, 0.25) is 5.95 Å². The van der Waals surface area contributed by atoms with Gasteiger partial charge in [0.15, 0.2) is 41.4 Å². The molecule has 42 heavy (non-hydrogen) atoms. The van der Waals surface area contributed by atoms with E-state index >= 15 is 0 Å². The van der Waals surface area contributed by atoms with Crippen LogP contribution in [-0.4, -0.2) is 104 Å². The molecule has 0 spiro atoms. The zero-order valence-electron chi connectivity index (χ0n) is 21.3. The van der Waals surface area contributed by atoms with Gasteiger partial charge in [-0.05, 0) is 6.42 Å². The third-order valence-electron chi connectivity index (χ3n) is 7.34. The van der Waals surface area contributed by atoms with E-state index < -0.39 is 69.1 Å². The molecule has 9 atom stereocenters. The molecular weight excluding hydrogens is 585 g/mol. The highest BCUT2D eigenvalue weighted by molar-refractivity contribution is 7.47. The number of nitrogens with zero attached hydrogens (tertiary/aromatic N) is 8. The highest BCUT2D eigenvalue weighted by Crippen LogP contribution is 2.51. The number of aromatic nitrogens is 9. The molecule has 2 unspecified atom stereocenters. The van der Waals surface area contributed by atoms with E-state index in [-0.39, 0.29) is 36.0 Å². The number of nitrogens with two attached hydrogens (primary N) is 2. The summed E-state index contributed by atoms with van der Waals surface area (Å²) in [5.41, 5.74) is 11.1. The average Bonchev–Trinajstić information content (AvgIpc) is 3.69. The van der Waals surface area contributed by atoms with Crippen LogP contribution < -0.4 is 17.0 Å². The van der Waals surface area contributed by atoms with Gasteiger partial charge in [0.25, 0.3) is 5.56 Å². The molecule has 7 rings (SSSR count). The Bertz CT molecular complexity index is 1760. The SMILES string of the molecule is Nc1nc2c(nnn2[C@@H]2OC3OCC[C@H]4[C@@H](O)[C@H](n5cnc6c(N)ncnc65)O[C@@H]4COP(=O)(O)O[C@@H]2[C@@H]3O)c(=O)[nH]1. The molecule has 21 nitrogen and oxygen atoms in total. The van der Waals surface area contributed by atoms with Gasteiger partial charge in [-0.3, -0.25) is 23.4 Å². The Kier molecular flexibility index (Phi) is 6.45. The minimum Gasteiger partial charge on any atom is -0.388 e. The molecule has 0 radical (unpaired) electrons. The molecule has 2 bridgehead atoms. The largest absolute Gasteiger partial charge is 0.472 e. The second kappa shape index (κ2) is 9.97. The van der Waals surface area contributed by atoms with Crippen LogP contribution in [0.5, 0.6) is 0 Å². The maximum atomic E-state index is 13.1. The van der Waals surface area contributed by atoms with Crippen LogP contribution in [0.25, 0.3) is 22.3 Å². The van der Waals surface area contributed by atoms with Gasteiger partial charge in [-0.2, -0.15) is 9.67 Å². The number of nitrogen functional groups attached to an aromatic ring is 2. The number of nitrogens with one attached hydrogen (secondary N) is 1. The van der Waals surface area contributed by atoms with Crippen LogP contribution in [0.2, 0.25) is 0 Å². The second-order valence-electron chi connectivity index (χ2n) is 9.84. The number of phosphoric acid groups is 1. The van der Waals surface area contributed by atoms with Crippen molar-refractivity contribution in [3.05, 3.63) is 23.0 Å². The van der Waals surface area contributed by atoms with Gasteiger partial charge >= 0.3 is 7.82 Å². The van der Waals surface area contributed by atoms with E-state index in [1.807, 2.05) is 0 Å². The summed E-state index contributed by atoms with van der Waals surface area (Å²) in [5, 5.41) is 29.8. The van der Waals surface area contributed by atoms with Crippen LogP contribution in [0.4, 0.5) is 11.8 Å². The topological polar surface area (TPSA) is 296 Å². The molecule has 0 saturated carbocycles. The van der Waals surface area contributed by atoms with E-state index in [0.29, 0.717) is 11.2 Å². The van der Waals surface area contributed by atoms with Crippen molar-refractivity contribution in [3.63, 3.8) is 0 Å². The number of phosphoric ester groups is 1. The summed E-state index contributed by atoms with van der Waals surface area (Å²) in [7, 11) is -4.92. The van der Waals surface area contributed by atoms with Crippen molar-refractivity contribution in [2.75, 3.05) is 24.7 Å². The molecule has 0 aliphatic carbocycles. The number of hydrogen-bond acceptors (Lipinski definition) is 17. The molecule has 22 heteroatoms. The Hall–Kier alpha value is -3.66. The molecule has 0 amide bonds. The monoisotopic (exact) mass is 609 g/mol. The Morgan fingerprint density at radius 1 is 1.07 bits per heavy atom. The van der Waals surface area contributed by atoms with E-state index in [9.17, 15) is 24.5 Å². The molecule has 8 N–H and O–H groups in total. The van der Waals surface area contributed by atoms with Crippen LogP contribution in [0.15, 0.2) is 17.4 Å². The predicted octanol–water partition coefficient (Wildman–Crippen LogP) is -2.47. The number of rotatable bonds is 2. The first-order valence-corrected chi connectivity index (χ1v) is 14.1. The van der Waals surface area contributed by atoms with E-state index in [2.05, 4.69) is 35.2 Å². The minimum atomic E-state index is -4.92. The lowest BCUT2D eigenvalue weighted by Gasteiger charge is -2.26. The summed E-state index contributed by atoms with van der Waals surface area (Å²) in [6.07, 6.45) is -6.28. The molecule has 3 fully saturated rings. The van der Waals surface area contributed by atoms with Crippen molar-refractivity contribution in [1.29, 1.82) is 0 Å². The molecule has 7 heterocycles. The fraction of sp³-hybridized carbons (Fsp3) is 0.550. The molecule has 3 aliphatic rings. The third-order valence-corrected chi connectivity index (χ3v) is 8.32. The van der Waals surface area contributed by atoms with Crippen molar-refractivity contribution in [2.24, 2.45) is 5.92 Å². The van der Waals surface area contributed by atoms with Gasteiger partial charge in [0.05, 0.1) is 25.6 Å². The molecule has 224 valence electrons. The number of anilines is 2. The van der Waals surface area contributed by atoms with Crippen LogP contribution >= 0.6 is 7.82 Å². The van der Waals surface area contributed by atoms with Crippen LogP contribution in [0.3, 0.4) is 0 Å². The van der Waals surface area contributed by atoms with Gasteiger partial charge in [0, 0.05) is 5.92 Å². The van der Waals surface area contributed by atoms with Crippen LogP contribution in [-0.2, 0) is 27.8 Å². The summed E-state index contributed by atoms with van der Waals surface area (Å²) < 4.78 is 43.8. The average molecular weight is 609 g/mol.